The number of carbonyl (C=O) groups excluding carboxylic acids is 1. The van der Waals surface area contributed by atoms with E-state index >= 15 is 0 Å². The number of hydrogen-bond donors (Lipinski definition) is 2. The van der Waals surface area contributed by atoms with Gasteiger partial charge < -0.3 is 19.9 Å². The summed E-state index contributed by atoms with van der Waals surface area (Å²) in [6.07, 6.45) is 3.90. The first-order valence-electron chi connectivity index (χ1n) is 10.8. The van der Waals surface area contributed by atoms with Gasteiger partial charge in [-0.1, -0.05) is 12.6 Å². The molecule has 2 aromatic carbocycles. The largest absolute Gasteiger partial charge is 0.457 e. The molecule has 0 radical (unpaired) electrons. The van der Waals surface area contributed by atoms with Crippen LogP contribution < -0.4 is 16.0 Å². The van der Waals surface area contributed by atoms with Crippen LogP contribution in [-0.2, 0) is 4.79 Å². The first kappa shape index (κ1) is 21.4. The minimum Gasteiger partial charge on any atom is -0.457 e. The first-order chi connectivity index (χ1) is 16.4. The summed E-state index contributed by atoms with van der Waals surface area (Å²) in [6.45, 7) is 4.64. The number of H-pyrrole nitrogens is 1. The van der Waals surface area contributed by atoms with E-state index in [9.17, 15) is 14.0 Å². The molecule has 0 spiro atoms. The molecule has 0 saturated carbocycles. The molecule has 1 saturated heterocycles. The molecular formula is C25H22FN5O3. The van der Waals surface area contributed by atoms with Crippen molar-refractivity contribution < 1.29 is 13.9 Å². The van der Waals surface area contributed by atoms with Crippen LogP contribution in [0.4, 0.5) is 10.2 Å². The molecule has 1 fully saturated rings. The lowest BCUT2D eigenvalue weighted by Gasteiger charge is -2.13. The van der Waals surface area contributed by atoms with Crippen LogP contribution in [0.15, 0.2) is 72.2 Å². The van der Waals surface area contributed by atoms with E-state index in [0.29, 0.717) is 35.5 Å². The number of aromatic nitrogens is 3. The number of rotatable bonds is 5. The van der Waals surface area contributed by atoms with Crippen LogP contribution in [0.3, 0.4) is 0 Å². The first-order valence-corrected chi connectivity index (χ1v) is 10.8. The zero-order valence-electron chi connectivity index (χ0n) is 18.2. The summed E-state index contributed by atoms with van der Waals surface area (Å²) in [5.74, 6) is 0.582. The monoisotopic (exact) mass is 459 g/mol. The summed E-state index contributed by atoms with van der Waals surface area (Å²) < 4.78 is 21.0. The molecule has 1 aliphatic heterocycles. The normalized spacial score (nSPS) is 15.6. The van der Waals surface area contributed by atoms with E-state index in [1.165, 1.54) is 18.2 Å². The SMILES string of the molecule is C=CC(=O)N1CC[C@H](c2cn(-c3ccc(Oc4cccc(F)c4)cc3)c3c(N)n[nH]c(=O)c23)C1. The Morgan fingerprint density at radius 1 is 1.24 bits per heavy atom. The maximum atomic E-state index is 13.4. The van der Waals surface area contributed by atoms with Crippen LogP contribution in [0.1, 0.15) is 17.9 Å². The number of fused-ring (bicyclic) bond motifs is 1. The van der Waals surface area contributed by atoms with Crippen LogP contribution in [0.2, 0.25) is 0 Å². The van der Waals surface area contributed by atoms with Gasteiger partial charge in [0, 0.05) is 37.0 Å². The zero-order chi connectivity index (χ0) is 23.8. The highest BCUT2D eigenvalue weighted by atomic mass is 19.1. The lowest BCUT2D eigenvalue weighted by atomic mass is 9.99. The van der Waals surface area contributed by atoms with E-state index in [4.69, 9.17) is 10.5 Å². The third-order valence-electron chi connectivity index (χ3n) is 6.04. The Bertz CT molecular complexity index is 1460. The number of nitrogens with one attached hydrogen (secondary N) is 1. The van der Waals surface area contributed by atoms with Crippen molar-refractivity contribution in [2.75, 3.05) is 18.8 Å². The molecular weight excluding hydrogens is 437 g/mol. The minimum absolute atomic E-state index is 0.0221. The van der Waals surface area contributed by atoms with Crippen LogP contribution in [0, 0.1) is 5.82 Å². The molecule has 1 aliphatic rings. The maximum absolute atomic E-state index is 13.4. The number of benzene rings is 2. The molecule has 1 atom stereocenters. The van der Waals surface area contributed by atoms with E-state index in [-0.39, 0.29) is 29.0 Å². The molecule has 172 valence electrons. The van der Waals surface area contributed by atoms with Crippen LogP contribution in [-0.4, -0.2) is 38.7 Å². The fourth-order valence-corrected chi connectivity index (χ4v) is 4.43. The number of halogens is 1. The van der Waals surface area contributed by atoms with E-state index in [1.807, 2.05) is 22.9 Å². The van der Waals surface area contributed by atoms with Crippen LogP contribution in [0.5, 0.6) is 11.5 Å². The highest BCUT2D eigenvalue weighted by Gasteiger charge is 2.30. The van der Waals surface area contributed by atoms with Gasteiger partial charge in [-0.2, -0.15) is 5.10 Å². The summed E-state index contributed by atoms with van der Waals surface area (Å²) in [7, 11) is 0. The van der Waals surface area contributed by atoms with Crippen molar-refractivity contribution in [1.29, 1.82) is 0 Å². The van der Waals surface area contributed by atoms with Gasteiger partial charge in [0.25, 0.3) is 5.56 Å². The van der Waals surface area contributed by atoms with Crippen molar-refractivity contribution in [2.24, 2.45) is 0 Å². The Labute approximate surface area is 194 Å². The van der Waals surface area contributed by atoms with E-state index in [1.54, 1.807) is 29.2 Å². The molecule has 3 heterocycles. The minimum atomic E-state index is -0.381. The van der Waals surface area contributed by atoms with E-state index in [0.717, 1.165) is 17.7 Å². The average Bonchev–Trinajstić information content (AvgIpc) is 3.48. The van der Waals surface area contributed by atoms with Crippen molar-refractivity contribution in [3.8, 4) is 17.2 Å². The highest BCUT2D eigenvalue weighted by molar-refractivity contribution is 5.92. The van der Waals surface area contributed by atoms with Crippen molar-refractivity contribution in [3.63, 3.8) is 0 Å². The van der Waals surface area contributed by atoms with Gasteiger partial charge in [0.2, 0.25) is 5.91 Å². The molecule has 9 heteroatoms. The quantitative estimate of drug-likeness (QED) is 0.443. The molecule has 34 heavy (non-hydrogen) atoms. The molecule has 5 rings (SSSR count). The lowest BCUT2D eigenvalue weighted by Crippen LogP contribution is -2.26. The van der Waals surface area contributed by atoms with Crippen molar-refractivity contribution in [1.82, 2.24) is 19.7 Å². The predicted molar refractivity (Wildman–Crippen MR) is 127 cm³/mol. The standard InChI is InChI=1S/C25H22FN5O3/c1-2-21(32)30-11-10-15(13-30)20-14-31(23-22(20)25(33)29-28-24(23)27)17-6-8-18(9-7-17)34-19-5-3-4-16(26)12-19/h2-9,12,14-15H,1,10-11,13H2,(H2,27,28)(H,29,33)/t15-/m0/s1. The number of hydrogen-bond acceptors (Lipinski definition) is 5. The van der Waals surface area contributed by atoms with Gasteiger partial charge in [-0.3, -0.25) is 9.59 Å². The number of nitrogen functional groups attached to an aromatic ring is 1. The number of anilines is 1. The topological polar surface area (TPSA) is 106 Å². The number of ether oxygens (including phenoxy) is 1. The molecule has 8 nitrogen and oxygen atoms in total. The van der Waals surface area contributed by atoms with Crippen molar-refractivity contribution in [2.45, 2.75) is 12.3 Å². The Balaban J connectivity index is 1.53. The highest BCUT2D eigenvalue weighted by Crippen LogP contribution is 2.35. The van der Waals surface area contributed by atoms with Crippen LogP contribution >= 0.6 is 0 Å². The average molecular weight is 459 g/mol. The van der Waals surface area contributed by atoms with E-state index < -0.39 is 0 Å². The summed E-state index contributed by atoms with van der Waals surface area (Å²) in [5.41, 5.74) is 7.91. The Morgan fingerprint density at radius 2 is 2.03 bits per heavy atom. The molecule has 2 aromatic heterocycles. The summed E-state index contributed by atoms with van der Waals surface area (Å²) in [4.78, 5) is 26.6. The number of aromatic amines is 1. The molecule has 0 bridgehead atoms. The fraction of sp³-hybridized carbons (Fsp3) is 0.160. The number of carbonyl (C=O) groups is 1. The fourth-order valence-electron chi connectivity index (χ4n) is 4.43. The Morgan fingerprint density at radius 3 is 2.76 bits per heavy atom. The molecule has 4 aromatic rings. The van der Waals surface area contributed by atoms with Gasteiger partial charge in [-0.15, -0.1) is 0 Å². The van der Waals surface area contributed by atoms with Gasteiger partial charge in [0.15, 0.2) is 5.82 Å². The molecule has 0 unspecified atom stereocenters. The van der Waals surface area contributed by atoms with Gasteiger partial charge >= 0.3 is 0 Å². The predicted octanol–water partition coefficient (Wildman–Crippen LogP) is 3.73. The molecule has 3 N–H and O–H groups in total. The lowest BCUT2D eigenvalue weighted by molar-refractivity contribution is -0.125. The summed E-state index contributed by atoms with van der Waals surface area (Å²) in [5, 5.41) is 6.88. The Kier molecular flexibility index (Phi) is 5.37. The van der Waals surface area contributed by atoms with E-state index in [2.05, 4.69) is 16.8 Å². The van der Waals surface area contributed by atoms with Crippen molar-refractivity contribution >= 4 is 22.6 Å². The smallest absolute Gasteiger partial charge is 0.274 e. The molecule has 1 amide bonds. The second-order valence-electron chi connectivity index (χ2n) is 8.14. The number of nitrogens with two attached hydrogens (primary N) is 1. The third-order valence-corrected chi connectivity index (χ3v) is 6.04. The van der Waals surface area contributed by atoms with Crippen molar-refractivity contribution in [3.05, 3.63) is 89.1 Å². The van der Waals surface area contributed by atoms with Gasteiger partial charge in [0.05, 0.1) is 5.39 Å². The summed E-state index contributed by atoms with van der Waals surface area (Å²) >= 11 is 0. The van der Waals surface area contributed by atoms with Crippen LogP contribution in [0.25, 0.3) is 16.6 Å². The number of nitrogens with zero attached hydrogens (tertiary/aromatic N) is 3. The summed E-state index contributed by atoms with van der Waals surface area (Å²) in [6, 6.07) is 13.0. The third kappa shape index (κ3) is 3.81. The second kappa shape index (κ2) is 8.51. The maximum Gasteiger partial charge on any atom is 0.274 e. The number of likely N-dealkylation sites (tertiary alicyclic amines) is 1. The zero-order valence-corrected chi connectivity index (χ0v) is 18.2. The molecule has 0 aliphatic carbocycles. The van der Waals surface area contributed by atoms with Gasteiger partial charge in [-0.25, -0.2) is 9.49 Å². The van der Waals surface area contributed by atoms with Gasteiger partial charge in [-0.05, 0) is 54.5 Å². The second-order valence-corrected chi connectivity index (χ2v) is 8.14. The van der Waals surface area contributed by atoms with Gasteiger partial charge in [0.1, 0.15) is 22.8 Å². The number of amides is 1. The Hall–Kier alpha value is -4.40.